The third-order valence-electron chi connectivity index (χ3n) is 5.28. The van der Waals surface area contributed by atoms with E-state index in [9.17, 15) is 19.6 Å². The van der Waals surface area contributed by atoms with E-state index in [4.69, 9.17) is 0 Å². The quantitative estimate of drug-likeness (QED) is 0.667. The first-order valence-corrected chi connectivity index (χ1v) is 8.25. The number of benzene rings is 3. The van der Waals surface area contributed by atoms with Gasteiger partial charge in [-0.05, 0) is 30.3 Å². The summed E-state index contributed by atoms with van der Waals surface area (Å²) in [6.45, 7) is 0. The van der Waals surface area contributed by atoms with Crippen LogP contribution in [0.2, 0.25) is 0 Å². The molecule has 1 unspecified atom stereocenters. The molecule has 0 fully saturated rings. The number of nitrogens with zero attached hydrogens (tertiary/aromatic N) is 1. The van der Waals surface area contributed by atoms with E-state index < -0.39 is 17.6 Å². The molecule has 2 aliphatic rings. The van der Waals surface area contributed by atoms with Crippen molar-refractivity contribution < 1.29 is 19.6 Å². The van der Waals surface area contributed by atoms with Gasteiger partial charge in [0.15, 0.2) is 5.78 Å². The Morgan fingerprint density at radius 3 is 1.96 bits per heavy atom. The molecule has 5 nitrogen and oxygen atoms in total. The van der Waals surface area contributed by atoms with E-state index in [2.05, 4.69) is 0 Å². The minimum absolute atomic E-state index is 0.185. The van der Waals surface area contributed by atoms with Gasteiger partial charge in [0, 0.05) is 16.7 Å². The third kappa shape index (κ3) is 1.57. The van der Waals surface area contributed by atoms with Gasteiger partial charge in [0.25, 0.3) is 0 Å². The van der Waals surface area contributed by atoms with E-state index in [0.717, 1.165) is 5.56 Å². The molecule has 0 bridgehead atoms. The fraction of sp³-hybridized carbons (Fsp3) is 0. The van der Waals surface area contributed by atoms with Crippen molar-refractivity contribution in [2.75, 3.05) is 0 Å². The summed E-state index contributed by atoms with van der Waals surface area (Å²) in [7, 11) is -2.04. The first-order chi connectivity index (χ1) is 12.6. The van der Waals surface area contributed by atoms with E-state index in [1.165, 1.54) is 0 Å². The molecule has 0 aliphatic carbocycles. The largest absolute Gasteiger partial charge is 0.772 e. The van der Waals surface area contributed by atoms with Crippen LogP contribution in [0.1, 0.15) is 26.3 Å². The molecule has 2 heterocycles. The maximum absolute atomic E-state index is 13.6. The number of carbonyl (C=O) groups excluding carboxylic acids is 2. The van der Waals surface area contributed by atoms with Gasteiger partial charge >= 0.3 is 13.2 Å². The number of para-hydroxylation sites is 2. The highest BCUT2D eigenvalue weighted by Gasteiger charge is 2.62. The normalized spacial score (nSPS) is 19.5. The number of rotatable bonds is 1. The highest BCUT2D eigenvalue weighted by molar-refractivity contribution is 6.56. The lowest BCUT2D eigenvalue weighted by molar-refractivity contribution is 0.0874. The molecule has 26 heavy (non-hydrogen) atoms. The second kappa shape index (κ2) is 4.99. The molecule has 3 aromatic carbocycles. The van der Waals surface area contributed by atoms with Gasteiger partial charge in [-0.1, -0.05) is 36.4 Å². The Morgan fingerprint density at radius 2 is 1.23 bits per heavy atom. The summed E-state index contributed by atoms with van der Waals surface area (Å²) in [5, 5.41) is 20.9. The Kier molecular flexibility index (Phi) is 2.92. The van der Waals surface area contributed by atoms with E-state index in [0.29, 0.717) is 22.5 Å². The SMILES string of the molecule is O=C1c2ccccc2C(=O)[N+]2(B(O)O)c3ccccc3-c3cccc1c32. The van der Waals surface area contributed by atoms with Crippen LogP contribution in [0.3, 0.4) is 0 Å². The third-order valence-corrected chi connectivity index (χ3v) is 5.28. The Bertz CT molecular complexity index is 1120. The number of carbonyl (C=O) groups is 2. The molecule has 2 N–H and O–H groups in total. The van der Waals surface area contributed by atoms with Gasteiger partial charge < -0.3 is 10.0 Å². The molecule has 1 atom stereocenters. The Labute approximate surface area is 149 Å². The Hall–Kier alpha value is -3.06. The minimum Gasteiger partial charge on any atom is -0.369 e. The van der Waals surface area contributed by atoms with Crippen LogP contribution in [-0.2, 0) is 0 Å². The van der Waals surface area contributed by atoms with Crippen LogP contribution in [-0.4, -0.2) is 29.0 Å². The van der Waals surface area contributed by atoms with E-state index >= 15 is 0 Å². The highest BCUT2D eigenvalue weighted by Crippen LogP contribution is 2.56. The molecule has 0 aromatic heterocycles. The van der Waals surface area contributed by atoms with Gasteiger partial charge in [-0.15, -0.1) is 0 Å². The summed E-state index contributed by atoms with van der Waals surface area (Å²) in [6, 6.07) is 18.8. The zero-order valence-corrected chi connectivity index (χ0v) is 13.6. The fourth-order valence-corrected chi connectivity index (χ4v) is 4.21. The summed E-state index contributed by atoms with van der Waals surface area (Å²) in [5.41, 5.74) is 2.94. The van der Waals surface area contributed by atoms with Crippen molar-refractivity contribution in [2.24, 2.45) is 0 Å². The summed E-state index contributed by atoms with van der Waals surface area (Å²) < 4.78 is -0.815. The van der Waals surface area contributed by atoms with Crippen LogP contribution in [0.5, 0.6) is 0 Å². The number of ketones is 1. The van der Waals surface area contributed by atoms with Crippen LogP contribution in [0.25, 0.3) is 11.1 Å². The van der Waals surface area contributed by atoms with Gasteiger partial charge in [0.1, 0.15) is 11.4 Å². The van der Waals surface area contributed by atoms with E-state index in [1.807, 2.05) is 12.1 Å². The molecule has 5 rings (SSSR count). The standard InChI is InChI=1S/C20H13BNO4/c23-19-14-7-1-2-8-15(14)20(24)22(21(25)26)17-11-4-3-6-12(17)13-9-5-10-16(19)18(13)22/h1-11,25-26H/q+1. The Morgan fingerprint density at radius 1 is 0.654 bits per heavy atom. The number of quaternary nitrogens is 1. The number of fused-ring (bicyclic) bond motifs is 4. The average Bonchev–Trinajstić information content (AvgIpc) is 2.94. The summed E-state index contributed by atoms with van der Waals surface area (Å²) in [5.74, 6) is -0.820. The number of hydrogen-bond donors (Lipinski definition) is 2. The van der Waals surface area contributed by atoms with Crippen LogP contribution >= 0.6 is 0 Å². The monoisotopic (exact) mass is 342 g/mol. The molecule has 6 heteroatoms. The molecule has 2 aliphatic heterocycles. The van der Waals surface area contributed by atoms with Crippen molar-refractivity contribution in [3.05, 3.63) is 83.4 Å². The van der Waals surface area contributed by atoms with E-state index in [1.54, 1.807) is 54.6 Å². The van der Waals surface area contributed by atoms with Gasteiger partial charge in [-0.3, -0.25) is 4.79 Å². The smallest absolute Gasteiger partial charge is 0.369 e. The molecule has 0 spiro atoms. The number of amides is 1. The fourth-order valence-electron chi connectivity index (χ4n) is 4.21. The Balaban J connectivity index is 2.03. The zero-order chi connectivity index (χ0) is 18.1. The van der Waals surface area contributed by atoms with Gasteiger partial charge in [-0.25, -0.2) is 9.19 Å². The molecule has 0 saturated carbocycles. The van der Waals surface area contributed by atoms with Crippen molar-refractivity contribution >= 4 is 30.3 Å². The van der Waals surface area contributed by atoms with Crippen molar-refractivity contribution in [1.82, 2.24) is 4.39 Å². The van der Waals surface area contributed by atoms with Crippen molar-refractivity contribution in [1.29, 1.82) is 0 Å². The predicted octanol–water partition coefficient (Wildman–Crippen LogP) is 2.66. The first-order valence-electron chi connectivity index (χ1n) is 8.25. The predicted molar refractivity (Wildman–Crippen MR) is 97.7 cm³/mol. The van der Waals surface area contributed by atoms with Gasteiger partial charge in [0.2, 0.25) is 0 Å². The van der Waals surface area contributed by atoms with Crippen LogP contribution < -0.4 is 4.39 Å². The van der Waals surface area contributed by atoms with E-state index in [-0.39, 0.29) is 16.9 Å². The summed E-state index contributed by atoms with van der Waals surface area (Å²) >= 11 is 0. The zero-order valence-electron chi connectivity index (χ0n) is 13.6. The van der Waals surface area contributed by atoms with Gasteiger partial charge in [-0.2, -0.15) is 0 Å². The van der Waals surface area contributed by atoms with Gasteiger partial charge in [0.05, 0.1) is 11.1 Å². The lowest BCUT2D eigenvalue weighted by Gasteiger charge is -2.31. The highest BCUT2D eigenvalue weighted by atomic mass is 16.4. The molecule has 0 radical (unpaired) electrons. The lowest BCUT2D eigenvalue weighted by atomic mass is 9.93. The minimum atomic E-state index is -2.04. The maximum atomic E-state index is 13.6. The average molecular weight is 342 g/mol. The molecule has 1 amide bonds. The first kappa shape index (κ1) is 15.2. The molecule has 3 aromatic rings. The lowest BCUT2D eigenvalue weighted by Crippen LogP contribution is -2.59. The second-order valence-corrected chi connectivity index (χ2v) is 6.47. The van der Waals surface area contributed by atoms with Crippen LogP contribution in [0.4, 0.5) is 11.4 Å². The van der Waals surface area contributed by atoms with Crippen molar-refractivity contribution in [2.45, 2.75) is 0 Å². The van der Waals surface area contributed by atoms with Crippen LogP contribution in [0, 0.1) is 0 Å². The maximum Gasteiger partial charge on any atom is 0.772 e. The van der Waals surface area contributed by atoms with Crippen molar-refractivity contribution in [3.63, 3.8) is 0 Å². The molecule has 124 valence electrons. The topological polar surface area (TPSA) is 74.6 Å². The van der Waals surface area contributed by atoms with Crippen LogP contribution in [0.15, 0.2) is 66.7 Å². The second-order valence-electron chi connectivity index (χ2n) is 6.47. The summed E-state index contributed by atoms with van der Waals surface area (Å²) in [4.78, 5) is 26.8. The van der Waals surface area contributed by atoms with Crippen molar-refractivity contribution in [3.8, 4) is 11.1 Å². The molecular formula is C20H13BNO4+. The number of hydrogen-bond acceptors (Lipinski definition) is 4. The molecular weight excluding hydrogens is 329 g/mol. The summed E-state index contributed by atoms with van der Waals surface area (Å²) in [6.07, 6.45) is 0. The molecule has 0 saturated heterocycles.